The van der Waals surface area contributed by atoms with Gasteiger partial charge < -0.3 is 19.5 Å². The summed E-state index contributed by atoms with van der Waals surface area (Å²) in [6.45, 7) is 8.94. The van der Waals surface area contributed by atoms with Gasteiger partial charge in [-0.2, -0.15) is 0 Å². The SMILES string of the molecule is CCOC(CNC(C)c1ccc2c(c1)CCO2)OCC. The predicted octanol–water partition coefficient (Wildman–Crippen LogP) is 2.67. The van der Waals surface area contributed by atoms with Crippen LogP contribution in [0.4, 0.5) is 0 Å². The van der Waals surface area contributed by atoms with E-state index < -0.39 is 0 Å². The standard InChI is InChI=1S/C16H25NO3/c1-4-18-16(19-5-2)11-17-12(3)13-6-7-15-14(10-13)8-9-20-15/h6-7,10,12,16-17H,4-5,8-9,11H2,1-3H3. The zero-order valence-corrected chi connectivity index (χ0v) is 12.6. The van der Waals surface area contributed by atoms with Gasteiger partial charge in [0.1, 0.15) is 5.75 Å². The van der Waals surface area contributed by atoms with Gasteiger partial charge in [0, 0.05) is 32.2 Å². The van der Waals surface area contributed by atoms with Crippen molar-refractivity contribution >= 4 is 0 Å². The first-order chi connectivity index (χ1) is 9.74. The number of nitrogens with one attached hydrogen (secondary N) is 1. The van der Waals surface area contributed by atoms with Crippen LogP contribution < -0.4 is 10.1 Å². The van der Waals surface area contributed by atoms with Crippen LogP contribution in [0.1, 0.15) is 37.9 Å². The normalized spacial score (nSPS) is 15.2. The van der Waals surface area contributed by atoms with Gasteiger partial charge in [-0.15, -0.1) is 0 Å². The molecule has 2 rings (SSSR count). The molecule has 0 bridgehead atoms. The fourth-order valence-electron chi connectivity index (χ4n) is 2.40. The van der Waals surface area contributed by atoms with Crippen molar-refractivity contribution in [1.29, 1.82) is 0 Å². The van der Waals surface area contributed by atoms with Crippen LogP contribution in [0.3, 0.4) is 0 Å². The minimum atomic E-state index is -0.176. The molecule has 112 valence electrons. The first kappa shape index (κ1) is 15.3. The number of benzene rings is 1. The molecule has 0 spiro atoms. The third-order valence-electron chi connectivity index (χ3n) is 3.51. The number of hydrogen-bond donors (Lipinski definition) is 1. The Hall–Kier alpha value is -1.10. The van der Waals surface area contributed by atoms with Crippen molar-refractivity contribution in [2.24, 2.45) is 0 Å². The molecule has 1 atom stereocenters. The maximum absolute atomic E-state index is 5.54. The Labute approximate surface area is 121 Å². The van der Waals surface area contributed by atoms with Crippen LogP contribution >= 0.6 is 0 Å². The molecule has 0 radical (unpaired) electrons. The molecule has 0 saturated carbocycles. The fourth-order valence-corrected chi connectivity index (χ4v) is 2.40. The summed E-state index contributed by atoms with van der Waals surface area (Å²) in [7, 11) is 0. The van der Waals surface area contributed by atoms with Crippen molar-refractivity contribution in [1.82, 2.24) is 5.32 Å². The molecule has 4 heteroatoms. The highest BCUT2D eigenvalue weighted by atomic mass is 16.7. The number of fused-ring (bicyclic) bond motifs is 1. The fraction of sp³-hybridized carbons (Fsp3) is 0.625. The summed E-state index contributed by atoms with van der Waals surface area (Å²) in [5.74, 6) is 1.03. The van der Waals surface area contributed by atoms with Crippen molar-refractivity contribution in [2.75, 3.05) is 26.4 Å². The van der Waals surface area contributed by atoms with Crippen molar-refractivity contribution in [3.63, 3.8) is 0 Å². The van der Waals surface area contributed by atoms with E-state index in [0.29, 0.717) is 19.8 Å². The van der Waals surface area contributed by atoms with Gasteiger partial charge in [-0.25, -0.2) is 0 Å². The Morgan fingerprint density at radius 2 is 2.00 bits per heavy atom. The quantitative estimate of drug-likeness (QED) is 0.743. The first-order valence-electron chi connectivity index (χ1n) is 7.46. The lowest BCUT2D eigenvalue weighted by Crippen LogP contribution is -2.33. The lowest BCUT2D eigenvalue weighted by Gasteiger charge is -2.21. The molecule has 1 aliphatic heterocycles. The number of rotatable bonds is 8. The van der Waals surface area contributed by atoms with Crippen molar-refractivity contribution in [2.45, 2.75) is 39.5 Å². The molecule has 20 heavy (non-hydrogen) atoms. The minimum absolute atomic E-state index is 0.176. The monoisotopic (exact) mass is 279 g/mol. The van der Waals surface area contributed by atoms with Crippen LogP contribution in [0.5, 0.6) is 5.75 Å². The van der Waals surface area contributed by atoms with Crippen molar-refractivity contribution < 1.29 is 14.2 Å². The molecule has 0 aromatic heterocycles. The summed E-state index contributed by atoms with van der Waals surface area (Å²) in [6, 6.07) is 6.69. The molecule has 0 saturated heterocycles. The Kier molecular flexibility index (Phi) is 5.83. The van der Waals surface area contributed by atoms with E-state index >= 15 is 0 Å². The van der Waals surface area contributed by atoms with Crippen LogP contribution in [0.15, 0.2) is 18.2 Å². The summed E-state index contributed by atoms with van der Waals surface area (Å²) >= 11 is 0. The Bertz CT molecular complexity index is 416. The van der Waals surface area contributed by atoms with Crippen LogP contribution in [0.25, 0.3) is 0 Å². The highest BCUT2D eigenvalue weighted by Crippen LogP contribution is 2.28. The summed E-state index contributed by atoms with van der Waals surface area (Å²) in [4.78, 5) is 0. The van der Waals surface area contributed by atoms with Crippen molar-refractivity contribution in [3.05, 3.63) is 29.3 Å². The summed E-state index contributed by atoms with van der Waals surface area (Å²) in [5.41, 5.74) is 2.59. The smallest absolute Gasteiger partial charge is 0.169 e. The molecule has 1 aliphatic rings. The first-order valence-corrected chi connectivity index (χ1v) is 7.46. The summed E-state index contributed by atoms with van der Waals surface area (Å²) in [5, 5.41) is 3.47. The van der Waals surface area contributed by atoms with Gasteiger partial charge in [0.05, 0.1) is 6.61 Å². The highest BCUT2D eigenvalue weighted by Gasteiger charge is 2.15. The van der Waals surface area contributed by atoms with E-state index in [0.717, 1.165) is 18.8 Å². The topological polar surface area (TPSA) is 39.7 Å². The summed E-state index contributed by atoms with van der Waals surface area (Å²) in [6.07, 6.45) is 0.835. The van der Waals surface area contributed by atoms with Gasteiger partial charge in [0.25, 0.3) is 0 Å². The molecule has 1 heterocycles. The molecule has 1 aromatic rings. The maximum Gasteiger partial charge on any atom is 0.169 e. The molecular weight excluding hydrogens is 254 g/mol. The van der Waals surface area contributed by atoms with Crippen LogP contribution in [-0.4, -0.2) is 32.7 Å². The zero-order valence-electron chi connectivity index (χ0n) is 12.6. The van der Waals surface area contributed by atoms with Gasteiger partial charge >= 0.3 is 0 Å². The average Bonchev–Trinajstić information content (AvgIpc) is 2.92. The van der Waals surface area contributed by atoms with Gasteiger partial charge in [-0.3, -0.25) is 0 Å². The molecule has 4 nitrogen and oxygen atoms in total. The van der Waals surface area contributed by atoms with Gasteiger partial charge in [0.15, 0.2) is 6.29 Å². The second-order valence-electron chi connectivity index (χ2n) is 4.94. The Balaban J connectivity index is 1.89. The van der Waals surface area contributed by atoms with E-state index in [1.54, 1.807) is 0 Å². The van der Waals surface area contributed by atoms with Crippen molar-refractivity contribution in [3.8, 4) is 5.75 Å². The molecule has 0 amide bonds. The number of ether oxygens (including phenoxy) is 3. The van der Waals surface area contributed by atoms with Crippen LogP contribution in [-0.2, 0) is 15.9 Å². The second kappa shape index (κ2) is 7.62. The van der Waals surface area contributed by atoms with E-state index in [9.17, 15) is 0 Å². The van der Waals surface area contributed by atoms with Crippen LogP contribution in [0, 0.1) is 0 Å². The Morgan fingerprint density at radius 3 is 2.70 bits per heavy atom. The van der Waals surface area contributed by atoms with Gasteiger partial charge in [-0.1, -0.05) is 12.1 Å². The third-order valence-corrected chi connectivity index (χ3v) is 3.51. The van der Waals surface area contributed by atoms with Gasteiger partial charge in [0.2, 0.25) is 0 Å². The lowest BCUT2D eigenvalue weighted by atomic mass is 10.0. The maximum atomic E-state index is 5.54. The highest BCUT2D eigenvalue weighted by molar-refractivity contribution is 5.40. The van der Waals surface area contributed by atoms with E-state index in [4.69, 9.17) is 14.2 Å². The van der Waals surface area contributed by atoms with Crippen LogP contribution in [0.2, 0.25) is 0 Å². The Morgan fingerprint density at radius 1 is 1.25 bits per heavy atom. The zero-order chi connectivity index (χ0) is 14.4. The molecule has 0 fully saturated rings. The molecule has 1 N–H and O–H groups in total. The van der Waals surface area contributed by atoms with E-state index in [-0.39, 0.29) is 12.3 Å². The molecule has 0 aliphatic carbocycles. The molecule has 1 aromatic carbocycles. The number of hydrogen-bond acceptors (Lipinski definition) is 4. The molecular formula is C16H25NO3. The average molecular weight is 279 g/mol. The summed E-state index contributed by atoms with van der Waals surface area (Å²) < 4.78 is 16.6. The van der Waals surface area contributed by atoms with Gasteiger partial charge in [-0.05, 0) is 38.0 Å². The minimum Gasteiger partial charge on any atom is -0.493 e. The lowest BCUT2D eigenvalue weighted by molar-refractivity contribution is -0.133. The third kappa shape index (κ3) is 3.95. The van der Waals surface area contributed by atoms with E-state index in [1.165, 1.54) is 11.1 Å². The largest absolute Gasteiger partial charge is 0.493 e. The molecule has 1 unspecified atom stereocenters. The predicted molar refractivity (Wildman–Crippen MR) is 79.1 cm³/mol. The second-order valence-corrected chi connectivity index (χ2v) is 4.94. The van der Waals surface area contributed by atoms with E-state index in [2.05, 4.69) is 30.4 Å². The van der Waals surface area contributed by atoms with E-state index in [1.807, 2.05) is 13.8 Å².